The van der Waals surface area contributed by atoms with Gasteiger partial charge in [-0.25, -0.2) is 9.97 Å². The van der Waals surface area contributed by atoms with E-state index in [-0.39, 0.29) is 4.99 Å². The molecule has 0 radical (unpaired) electrons. The van der Waals surface area contributed by atoms with Gasteiger partial charge in [0.25, 0.3) is 0 Å². The summed E-state index contributed by atoms with van der Waals surface area (Å²) in [6, 6.07) is 3.15. The van der Waals surface area contributed by atoms with E-state index >= 15 is 0 Å². The van der Waals surface area contributed by atoms with E-state index in [1.54, 1.807) is 12.1 Å². The Kier molecular flexibility index (Phi) is 4.42. The van der Waals surface area contributed by atoms with Crippen molar-refractivity contribution >= 4 is 63.5 Å². The maximum absolute atomic E-state index is 6.04. The molecule has 1 heterocycles. The molecule has 2 aromatic rings. The molecular formula is C11H7Cl3N4S. The van der Waals surface area contributed by atoms with Gasteiger partial charge in [-0.15, -0.1) is 0 Å². The van der Waals surface area contributed by atoms with Gasteiger partial charge in [-0.1, -0.05) is 47.0 Å². The summed E-state index contributed by atoms with van der Waals surface area (Å²) in [6.45, 7) is 0. The molecule has 0 aliphatic rings. The number of nitrogens with two attached hydrogens (primary N) is 1. The van der Waals surface area contributed by atoms with E-state index in [9.17, 15) is 0 Å². The van der Waals surface area contributed by atoms with E-state index in [0.29, 0.717) is 32.3 Å². The van der Waals surface area contributed by atoms with Crippen LogP contribution in [0.4, 0.5) is 11.5 Å². The minimum atomic E-state index is 0.187. The molecule has 0 aliphatic heterocycles. The Balaban J connectivity index is 2.26. The van der Waals surface area contributed by atoms with Crippen LogP contribution in [-0.2, 0) is 0 Å². The second kappa shape index (κ2) is 5.88. The highest BCUT2D eigenvalue weighted by atomic mass is 35.5. The number of halogens is 3. The second-order valence-electron chi connectivity index (χ2n) is 3.52. The third kappa shape index (κ3) is 3.45. The van der Waals surface area contributed by atoms with Crippen molar-refractivity contribution in [3.63, 3.8) is 0 Å². The lowest BCUT2D eigenvalue weighted by Gasteiger charge is -2.09. The van der Waals surface area contributed by atoms with Crippen LogP contribution < -0.4 is 11.1 Å². The first-order valence-corrected chi connectivity index (χ1v) is 6.55. The van der Waals surface area contributed by atoms with Crippen LogP contribution in [-0.4, -0.2) is 15.0 Å². The van der Waals surface area contributed by atoms with Crippen molar-refractivity contribution in [2.24, 2.45) is 5.73 Å². The van der Waals surface area contributed by atoms with Gasteiger partial charge in [0.2, 0.25) is 0 Å². The van der Waals surface area contributed by atoms with Crippen molar-refractivity contribution in [3.05, 3.63) is 45.3 Å². The first kappa shape index (κ1) is 14.3. The van der Waals surface area contributed by atoms with Gasteiger partial charge >= 0.3 is 0 Å². The zero-order valence-corrected chi connectivity index (χ0v) is 12.4. The lowest BCUT2D eigenvalue weighted by Crippen LogP contribution is -2.12. The molecule has 0 fully saturated rings. The summed E-state index contributed by atoms with van der Waals surface area (Å²) < 4.78 is 0. The van der Waals surface area contributed by atoms with E-state index in [1.165, 1.54) is 12.4 Å². The standard InChI is InChI=1S/C11H7Cl3N4S/c12-5-1-7(14)8(2-6(5)13)18-10-4-16-9(3-17-10)11(15)19/h1-4H,(H2,15,19)(H,17,18). The molecule has 0 saturated carbocycles. The van der Waals surface area contributed by atoms with Crippen molar-refractivity contribution in [2.75, 3.05) is 5.32 Å². The van der Waals surface area contributed by atoms with E-state index in [1.807, 2.05) is 0 Å². The Morgan fingerprint density at radius 1 is 1.05 bits per heavy atom. The van der Waals surface area contributed by atoms with Gasteiger partial charge in [-0.2, -0.15) is 0 Å². The fourth-order valence-corrected chi connectivity index (χ4v) is 1.98. The van der Waals surface area contributed by atoms with Crippen LogP contribution in [0.5, 0.6) is 0 Å². The molecule has 8 heteroatoms. The maximum atomic E-state index is 6.04. The molecule has 1 aromatic carbocycles. The van der Waals surface area contributed by atoms with Crippen molar-refractivity contribution in [3.8, 4) is 0 Å². The highest BCUT2D eigenvalue weighted by Crippen LogP contribution is 2.33. The van der Waals surface area contributed by atoms with Crippen molar-refractivity contribution < 1.29 is 0 Å². The maximum Gasteiger partial charge on any atom is 0.148 e. The third-order valence-electron chi connectivity index (χ3n) is 2.18. The highest BCUT2D eigenvalue weighted by Gasteiger charge is 2.07. The minimum Gasteiger partial charge on any atom is -0.388 e. The summed E-state index contributed by atoms with van der Waals surface area (Å²) >= 11 is 22.6. The molecule has 4 nitrogen and oxygen atoms in total. The molecule has 0 aliphatic carbocycles. The number of anilines is 2. The molecule has 0 unspecified atom stereocenters. The predicted octanol–water partition coefficient (Wildman–Crippen LogP) is 3.81. The van der Waals surface area contributed by atoms with Crippen LogP contribution in [0.25, 0.3) is 0 Å². The first-order valence-electron chi connectivity index (χ1n) is 5.01. The summed E-state index contributed by atoms with van der Waals surface area (Å²) in [5.74, 6) is 0.486. The molecule has 0 bridgehead atoms. The zero-order valence-electron chi connectivity index (χ0n) is 9.32. The Labute approximate surface area is 129 Å². The monoisotopic (exact) mass is 332 g/mol. The fraction of sp³-hybridized carbons (Fsp3) is 0. The number of aromatic nitrogens is 2. The summed E-state index contributed by atoms with van der Waals surface area (Å²) in [4.78, 5) is 8.35. The molecule has 19 heavy (non-hydrogen) atoms. The van der Waals surface area contributed by atoms with Gasteiger partial charge in [0, 0.05) is 0 Å². The Hall–Kier alpha value is -1.14. The van der Waals surface area contributed by atoms with Crippen LogP contribution in [0.15, 0.2) is 24.5 Å². The van der Waals surface area contributed by atoms with Crippen LogP contribution >= 0.6 is 47.0 Å². The van der Waals surface area contributed by atoms with Gasteiger partial charge in [0.1, 0.15) is 16.5 Å². The number of nitrogens with one attached hydrogen (secondary N) is 1. The Morgan fingerprint density at radius 3 is 2.32 bits per heavy atom. The number of thiocarbonyl (C=S) groups is 1. The minimum absolute atomic E-state index is 0.187. The van der Waals surface area contributed by atoms with E-state index in [0.717, 1.165) is 0 Å². The van der Waals surface area contributed by atoms with Crippen molar-refractivity contribution in [1.82, 2.24) is 9.97 Å². The molecule has 1 aromatic heterocycles. The molecule has 0 saturated heterocycles. The van der Waals surface area contributed by atoms with Crippen LogP contribution in [0.2, 0.25) is 15.1 Å². The molecule has 2 rings (SSSR count). The number of hydrogen-bond acceptors (Lipinski definition) is 4. The summed E-state index contributed by atoms with van der Waals surface area (Å²) in [5, 5.41) is 4.17. The molecule has 0 atom stereocenters. The van der Waals surface area contributed by atoms with Crippen LogP contribution in [0.3, 0.4) is 0 Å². The first-order chi connectivity index (χ1) is 8.97. The van der Waals surface area contributed by atoms with Gasteiger partial charge < -0.3 is 11.1 Å². The molecule has 98 valence electrons. The smallest absolute Gasteiger partial charge is 0.148 e. The normalized spacial score (nSPS) is 10.3. The average molecular weight is 334 g/mol. The largest absolute Gasteiger partial charge is 0.388 e. The number of benzene rings is 1. The summed E-state index contributed by atoms with van der Waals surface area (Å²) in [7, 11) is 0. The zero-order chi connectivity index (χ0) is 14.0. The SMILES string of the molecule is NC(=S)c1cnc(Nc2cc(Cl)c(Cl)cc2Cl)cn1. The average Bonchev–Trinajstić information content (AvgIpc) is 2.36. The van der Waals surface area contributed by atoms with Gasteiger partial charge in [-0.3, -0.25) is 0 Å². The van der Waals surface area contributed by atoms with Crippen LogP contribution in [0.1, 0.15) is 5.69 Å². The number of hydrogen-bond donors (Lipinski definition) is 2. The van der Waals surface area contributed by atoms with Crippen molar-refractivity contribution in [1.29, 1.82) is 0 Å². The van der Waals surface area contributed by atoms with Gasteiger partial charge in [0.05, 0.1) is 33.1 Å². The third-order valence-corrected chi connectivity index (χ3v) is 3.42. The molecule has 0 spiro atoms. The predicted molar refractivity (Wildman–Crippen MR) is 82.7 cm³/mol. The number of rotatable bonds is 3. The molecule has 0 amide bonds. The highest BCUT2D eigenvalue weighted by molar-refractivity contribution is 7.80. The number of nitrogens with zero attached hydrogens (tertiary/aromatic N) is 2. The van der Waals surface area contributed by atoms with E-state index in [2.05, 4.69) is 15.3 Å². The molecular weight excluding hydrogens is 327 g/mol. The van der Waals surface area contributed by atoms with Gasteiger partial charge in [0.15, 0.2) is 0 Å². The quantitative estimate of drug-likeness (QED) is 0.660. The van der Waals surface area contributed by atoms with E-state index < -0.39 is 0 Å². The Bertz CT molecular complexity index is 631. The van der Waals surface area contributed by atoms with E-state index in [4.69, 9.17) is 52.8 Å². The fourth-order valence-electron chi connectivity index (χ4n) is 1.28. The lowest BCUT2D eigenvalue weighted by atomic mass is 10.3. The topological polar surface area (TPSA) is 63.8 Å². The Morgan fingerprint density at radius 2 is 1.74 bits per heavy atom. The molecule has 3 N–H and O–H groups in total. The summed E-state index contributed by atoms with van der Waals surface area (Å²) in [5.41, 5.74) is 6.45. The van der Waals surface area contributed by atoms with Gasteiger partial charge in [-0.05, 0) is 12.1 Å². The second-order valence-corrected chi connectivity index (χ2v) is 5.18. The summed E-state index contributed by atoms with van der Waals surface area (Å²) in [6.07, 6.45) is 2.96. The van der Waals surface area contributed by atoms with Crippen molar-refractivity contribution in [2.45, 2.75) is 0 Å². The van der Waals surface area contributed by atoms with Crippen LogP contribution in [0, 0.1) is 0 Å². The lowest BCUT2D eigenvalue weighted by molar-refractivity contribution is 1.18.